The monoisotopic (exact) mass is 374 g/mol. The van der Waals surface area contributed by atoms with Crippen LogP contribution in [-0.4, -0.2) is 56.1 Å². The maximum absolute atomic E-state index is 12.0. The molecule has 26 heavy (non-hydrogen) atoms. The van der Waals surface area contributed by atoms with Gasteiger partial charge in [-0.1, -0.05) is 13.8 Å². The molecule has 7 heteroatoms. The highest BCUT2D eigenvalue weighted by Crippen LogP contribution is 2.27. The average molecular weight is 375 g/mol. The highest BCUT2D eigenvalue weighted by Gasteiger charge is 2.28. The fraction of sp³-hybridized carbons (Fsp3) is 0.842. The summed E-state index contributed by atoms with van der Waals surface area (Å²) in [6, 6.07) is 0.0834. The molecule has 0 spiro atoms. The van der Waals surface area contributed by atoms with Crippen LogP contribution in [-0.2, 0) is 23.9 Å². The summed E-state index contributed by atoms with van der Waals surface area (Å²) >= 11 is 0. The zero-order valence-corrected chi connectivity index (χ0v) is 16.5. The number of hydrogen-bond acceptors (Lipinski definition) is 5. The number of hydrogen-bond donors (Lipinski definition) is 2. The van der Waals surface area contributed by atoms with Gasteiger partial charge in [-0.25, -0.2) is 0 Å². The van der Waals surface area contributed by atoms with Gasteiger partial charge in [-0.2, -0.15) is 0 Å². The third-order valence-electron chi connectivity index (χ3n) is 4.42. The number of carbonyl (C=O) groups is 3. The highest BCUT2D eigenvalue weighted by molar-refractivity contribution is 5.85. The molecule has 2 amide bonds. The van der Waals surface area contributed by atoms with Gasteiger partial charge in [0.25, 0.3) is 0 Å². The number of nitrogens with one attached hydrogen (secondary N) is 2. The van der Waals surface area contributed by atoms with Crippen LogP contribution in [0.15, 0.2) is 0 Å². The van der Waals surface area contributed by atoms with E-state index in [0.29, 0.717) is 19.0 Å². The lowest BCUT2D eigenvalue weighted by Gasteiger charge is -2.29. The van der Waals surface area contributed by atoms with E-state index in [4.69, 9.17) is 9.47 Å². The van der Waals surface area contributed by atoms with E-state index in [9.17, 15) is 14.4 Å². The van der Waals surface area contributed by atoms with Gasteiger partial charge in [-0.15, -0.1) is 0 Å². The lowest BCUT2D eigenvalue weighted by atomic mass is 9.80. The van der Waals surface area contributed by atoms with E-state index in [1.807, 2.05) is 27.7 Å². The largest absolute Gasteiger partial charge is 0.376 e. The maximum atomic E-state index is 12.0. The van der Waals surface area contributed by atoms with E-state index in [-0.39, 0.29) is 51.8 Å². The summed E-state index contributed by atoms with van der Waals surface area (Å²) in [6.07, 6.45) is 3.39. The predicted molar refractivity (Wildman–Crippen MR) is 103 cm³/mol. The van der Waals surface area contributed by atoms with Gasteiger partial charge in [0, 0.05) is 20.7 Å². The van der Waals surface area contributed by atoms with Crippen molar-refractivity contribution in [2.75, 3.05) is 26.4 Å². The minimum Gasteiger partial charge on any atom is -0.376 e. The van der Waals surface area contributed by atoms with Crippen molar-refractivity contribution in [1.29, 1.82) is 0 Å². The number of rotatable bonds is 11. The third kappa shape index (κ3) is 9.29. The number of ether oxygens (including phenoxy) is 2. The summed E-state index contributed by atoms with van der Waals surface area (Å²) in [5.41, 5.74) is 0. The van der Waals surface area contributed by atoms with Crippen LogP contribution < -0.4 is 10.6 Å². The van der Waals surface area contributed by atoms with Crippen molar-refractivity contribution in [3.63, 3.8) is 0 Å². The molecule has 2 N–H and O–H groups in total. The van der Waals surface area contributed by atoms with Crippen molar-refractivity contribution in [2.45, 2.75) is 65.5 Å². The second-order valence-corrected chi connectivity index (χ2v) is 7.42. The normalized spacial score (nSPS) is 20.2. The molecule has 0 aliphatic heterocycles. The smallest absolute Gasteiger partial charge is 0.246 e. The minimum absolute atomic E-state index is 0. The van der Waals surface area contributed by atoms with Crippen molar-refractivity contribution in [3.05, 3.63) is 0 Å². The molecule has 0 bridgehead atoms. The molecule has 0 radical (unpaired) electrons. The molecule has 7 nitrogen and oxygen atoms in total. The van der Waals surface area contributed by atoms with Crippen LogP contribution in [0.3, 0.4) is 0 Å². The minimum atomic E-state index is -0.323. The van der Waals surface area contributed by atoms with E-state index in [1.165, 1.54) is 0 Å². The van der Waals surface area contributed by atoms with Gasteiger partial charge in [-0.05, 0) is 39.5 Å². The van der Waals surface area contributed by atoms with Crippen LogP contribution in [0, 0.1) is 11.8 Å². The molecule has 1 aliphatic carbocycles. The molecule has 0 heterocycles. The molecule has 0 saturated heterocycles. The van der Waals surface area contributed by atoms with Gasteiger partial charge in [0.2, 0.25) is 11.8 Å². The van der Waals surface area contributed by atoms with Gasteiger partial charge in [0.1, 0.15) is 12.4 Å². The Morgan fingerprint density at radius 3 is 2.23 bits per heavy atom. The lowest BCUT2D eigenvalue weighted by molar-refractivity contribution is -0.130. The average Bonchev–Trinajstić information content (AvgIpc) is 2.59. The first kappa shape index (κ1) is 22.6. The summed E-state index contributed by atoms with van der Waals surface area (Å²) in [6.45, 7) is 8.36. The lowest BCUT2D eigenvalue weighted by Crippen LogP contribution is -2.44. The zero-order chi connectivity index (χ0) is 19.5. The molecule has 0 aromatic carbocycles. The second kappa shape index (κ2) is 12.0. The molecule has 1 rings (SSSR count). The summed E-state index contributed by atoms with van der Waals surface area (Å²) in [5, 5.41) is 5.47. The van der Waals surface area contributed by atoms with E-state index < -0.39 is 0 Å². The molecule has 1 fully saturated rings. The standard InChI is InChI=1S/C19H34N2O5.2H2/c1-13(2)19(24)15-5-7-16(8-6-15)21-17(22)11-20-18(23)12-25-9-10-26-14(3)4;;/h13-16H,5-12H2,1-4H3,(H,20,23)(H,21,22);2*1H. The van der Waals surface area contributed by atoms with Gasteiger partial charge >= 0.3 is 0 Å². The Labute approximate surface area is 159 Å². The zero-order valence-electron chi connectivity index (χ0n) is 16.5. The molecule has 0 unspecified atom stereocenters. The van der Waals surface area contributed by atoms with Crippen molar-refractivity contribution < 1.29 is 26.7 Å². The van der Waals surface area contributed by atoms with Crippen molar-refractivity contribution in [3.8, 4) is 0 Å². The highest BCUT2D eigenvalue weighted by atomic mass is 16.5. The molecule has 1 saturated carbocycles. The van der Waals surface area contributed by atoms with E-state index in [2.05, 4.69) is 10.6 Å². The molecular weight excluding hydrogens is 336 g/mol. The number of amides is 2. The fourth-order valence-electron chi connectivity index (χ4n) is 3.01. The number of Topliss-reactive ketones (excluding diaryl/α,β-unsaturated/α-hetero) is 1. The number of ketones is 1. The summed E-state index contributed by atoms with van der Waals surface area (Å²) in [4.78, 5) is 35.6. The van der Waals surface area contributed by atoms with Crippen molar-refractivity contribution >= 4 is 17.6 Å². The van der Waals surface area contributed by atoms with E-state index >= 15 is 0 Å². The van der Waals surface area contributed by atoms with Crippen molar-refractivity contribution in [2.24, 2.45) is 11.8 Å². The Bertz CT molecular complexity index is 467. The molecule has 0 aromatic heterocycles. The van der Waals surface area contributed by atoms with E-state index in [1.54, 1.807) is 0 Å². The Morgan fingerprint density at radius 1 is 1.00 bits per heavy atom. The Morgan fingerprint density at radius 2 is 1.65 bits per heavy atom. The molecule has 154 valence electrons. The first-order chi connectivity index (χ1) is 12.3. The quantitative estimate of drug-likeness (QED) is 0.539. The topological polar surface area (TPSA) is 93.7 Å². The van der Waals surface area contributed by atoms with Crippen LogP contribution >= 0.6 is 0 Å². The third-order valence-corrected chi connectivity index (χ3v) is 4.42. The van der Waals surface area contributed by atoms with Gasteiger partial charge in [0.15, 0.2) is 0 Å². The fourth-order valence-corrected chi connectivity index (χ4v) is 3.01. The Kier molecular flexibility index (Phi) is 10.4. The molecule has 1 aliphatic rings. The Hall–Kier alpha value is -1.47. The summed E-state index contributed by atoms with van der Waals surface area (Å²) in [7, 11) is 0. The summed E-state index contributed by atoms with van der Waals surface area (Å²) < 4.78 is 10.5. The van der Waals surface area contributed by atoms with Crippen LogP contribution in [0.1, 0.15) is 56.2 Å². The molecule has 0 aromatic rings. The first-order valence-electron chi connectivity index (χ1n) is 9.58. The van der Waals surface area contributed by atoms with Crippen LogP contribution in [0.4, 0.5) is 0 Å². The van der Waals surface area contributed by atoms with Gasteiger partial charge in [0.05, 0.1) is 25.9 Å². The SMILES string of the molecule is CC(C)OCCOCC(=O)NCC(=O)NC1CCC(C(=O)C(C)C)CC1.[HH].[HH]. The second-order valence-electron chi connectivity index (χ2n) is 7.42. The van der Waals surface area contributed by atoms with Gasteiger partial charge < -0.3 is 20.1 Å². The predicted octanol–water partition coefficient (Wildman–Crippen LogP) is 1.94. The van der Waals surface area contributed by atoms with Crippen molar-refractivity contribution in [1.82, 2.24) is 10.6 Å². The van der Waals surface area contributed by atoms with Crippen LogP contribution in [0.5, 0.6) is 0 Å². The maximum Gasteiger partial charge on any atom is 0.246 e. The van der Waals surface area contributed by atoms with Crippen LogP contribution in [0.25, 0.3) is 0 Å². The molecular formula is C19H38N2O5. The van der Waals surface area contributed by atoms with Crippen LogP contribution in [0.2, 0.25) is 0 Å². The molecule has 0 atom stereocenters. The first-order valence-corrected chi connectivity index (χ1v) is 9.58. The number of carbonyl (C=O) groups excluding carboxylic acids is 3. The summed E-state index contributed by atoms with van der Waals surface area (Å²) in [5.74, 6) is -0.0166. The Balaban J connectivity index is 0. The van der Waals surface area contributed by atoms with E-state index in [0.717, 1.165) is 25.7 Å². The van der Waals surface area contributed by atoms with Gasteiger partial charge in [-0.3, -0.25) is 14.4 Å².